The van der Waals surface area contributed by atoms with Crippen molar-refractivity contribution in [3.63, 3.8) is 0 Å². The Morgan fingerprint density at radius 3 is 2.40 bits per heavy atom. The second-order valence-electron chi connectivity index (χ2n) is 9.19. The molecular weight excluding hydrogens is 454 g/mol. The molecule has 3 heteroatoms. The van der Waals surface area contributed by atoms with Crippen LogP contribution in [-0.4, -0.2) is 6.26 Å². The summed E-state index contributed by atoms with van der Waals surface area (Å²) in [4.78, 5) is 1.21. The van der Waals surface area contributed by atoms with Crippen molar-refractivity contribution in [3.05, 3.63) is 99.1 Å². The molecule has 1 atom stereocenters. The summed E-state index contributed by atoms with van der Waals surface area (Å²) in [7, 11) is 0. The molecule has 0 saturated heterocycles. The van der Waals surface area contributed by atoms with Crippen molar-refractivity contribution in [2.75, 3.05) is 6.26 Å². The first-order valence-corrected chi connectivity index (χ1v) is 13.5. The van der Waals surface area contributed by atoms with Crippen LogP contribution in [0.4, 0.5) is 8.78 Å². The van der Waals surface area contributed by atoms with E-state index in [4.69, 9.17) is 0 Å². The van der Waals surface area contributed by atoms with Crippen molar-refractivity contribution in [1.29, 1.82) is 0 Å². The normalized spacial score (nSPS) is 14.4. The molecule has 0 heterocycles. The van der Waals surface area contributed by atoms with Crippen molar-refractivity contribution in [1.82, 2.24) is 0 Å². The summed E-state index contributed by atoms with van der Waals surface area (Å²) >= 11 is 1.70. The van der Waals surface area contributed by atoms with Crippen LogP contribution in [0.1, 0.15) is 71.6 Å². The number of unbranched alkanes of at least 4 members (excludes halogenated alkanes) is 1. The van der Waals surface area contributed by atoms with Crippen LogP contribution in [0, 0.1) is 48.2 Å². The number of hydrogen-bond acceptors (Lipinski definition) is 1. The van der Waals surface area contributed by atoms with Crippen LogP contribution in [0.15, 0.2) is 53.4 Å². The van der Waals surface area contributed by atoms with E-state index in [0.717, 1.165) is 47.9 Å². The van der Waals surface area contributed by atoms with Crippen LogP contribution in [0.3, 0.4) is 0 Å². The Morgan fingerprint density at radius 1 is 0.943 bits per heavy atom. The minimum Gasteiger partial charge on any atom is -0.206 e. The van der Waals surface area contributed by atoms with Gasteiger partial charge in [-0.2, -0.15) is 0 Å². The second kappa shape index (κ2) is 11.6. The largest absolute Gasteiger partial charge is 0.206 e. The Bertz CT molecular complexity index is 1330. The van der Waals surface area contributed by atoms with E-state index in [1.165, 1.54) is 17.4 Å². The van der Waals surface area contributed by atoms with E-state index in [1.807, 2.05) is 43.5 Å². The SMILES string of the molecule is CCCCC1CCc2c(cc(F)c(C#Cc3ccc(C#Cc4ccc(SC)cc4)c(C)c3)c2F)C1. The molecule has 0 bridgehead atoms. The highest BCUT2D eigenvalue weighted by atomic mass is 32.2. The van der Waals surface area contributed by atoms with Gasteiger partial charge < -0.3 is 0 Å². The predicted molar refractivity (Wildman–Crippen MR) is 143 cm³/mol. The molecule has 0 radical (unpaired) electrons. The fourth-order valence-corrected chi connectivity index (χ4v) is 5.02. The molecule has 0 nitrogen and oxygen atoms in total. The van der Waals surface area contributed by atoms with E-state index >= 15 is 4.39 Å². The molecular formula is C32H30F2S. The van der Waals surface area contributed by atoms with Gasteiger partial charge in [-0.15, -0.1) is 11.8 Å². The van der Waals surface area contributed by atoms with E-state index in [0.29, 0.717) is 23.5 Å². The van der Waals surface area contributed by atoms with Gasteiger partial charge in [-0.25, -0.2) is 8.78 Å². The summed E-state index contributed by atoms with van der Waals surface area (Å²) in [6.07, 6.45) is 7.89. The fraction of sp³-hybridized carbons (Fsp3) is 0.312. The molecule has 0 aliphatic heterocycles. The van der Waals surface area contributed by atoms with E-state index in [9.17, 15) is 4.39 Å². The maximum Gasteiger partial charge on any atom is 0.145 e. The Balaban J connectivity index is 1.53. The summed E-state index contributed by atoms with van der Waals surface area (Å²) in [5, 5.41) is 0. The zero-order valence-corrected chi connectivity index (χ0v) is 21.4. The number of benzene rings is 3. The standard InChI is InChI=1S/C32H30F2S/c1-4-5-6-24-11-17-29-27(20-24)21-31(33)30(32(29)34)18-12-25-8-14-26(22(2)19-25)13-7-23-9-15-28(35-3)16-10-23/h8-10,14-16,19,21,24H,4-6,11,17,20H2,1-3H3. The third-order valence-corrected chi connectivity index (χ3v) is 7.42. The van der Waals surface area contributed by atoms with Gasteiger partial charge in [0.25, 0.3) is 0 Å². The van der Waals surface area contributed by atoms with Gasteiger partial charge in [0.05, 0.1) is 5.56 Å². The first kappa shape index (κ1) is 25.1. The molecule has 0 aromatic heterocycles. The highest BCUT2D eigenvalue weighted by molar-refractivity contribution is 7.98. The highest BCUT2D eigenvalue weighted by Gasteiger charge is 2.24. The average molecular weight is 485 g/mol. The predicted octanol–water partition coefficient (Wildman–Crippen LogP) is 8.09. The van der Waals surface area contributed by atoms with Crippen molar-refractivity contribution >= 4 is 11.8 Å². The third-order valence-electron chi connectivity index (χ3n) is 6.68. The highest BCUT2D eigenvalue weighted by Crippen LogP contribution is 2.32. The van der Waals surface area contributed by atoms with Crippen LogP contribution >= 0.6 is 11.8 Å². The number of thioether (sulfide) groups is 1. The van der Waals surface area contributed by atoms with Crippen LogP contribution < -0.4 is 0 Å². The number of aryl methyl sites for hydroxylation is 1. The average Bonchev–Trinajstić information content (AvgIpc) is 2.87. The number of rotatable bonds is 4. The Morgan fingerprint density at radius 2 is 1.69 bits per heavy atom. The van der Waals surface area contributed by atoms with Crippen LogP contribution in [0.25, 0.3) is 0 Å². The summed E-state index contributed by atoms with van der Waals surface area (Å²) in [5.74, 6) is 11.6. The maximum absolute atomic E-state index is 15.2. The molecule has 0 fully saturated rings. The molecule has 1 aliphatic rings. The van der Waals surface area contributed by atoms with Crippen molar-refractivity contribution in [3.8, 4) is 23.7 Å². The summed E-state index contributed by atoms with van der Waals surface area (Å²) in [5.41, 5.74) is 4.92. The summed E-state index contributed by atoms with van der Waals surface area (Å²) in [6, 6.07) is 15.3. The lowest BCUT2D eigenvalue weighted by molar-refractivity contribution is 0.402. The monoisotopic (exact) mass is 484 g/mol. The smallest absolute Gasteiger partial charge is 0.145 e. The zero-order valence-electron chi connectivity index (χ0n) is 20.6. The molecule has 0 N–H and O–H groups in total. The van der Waals surface area contributed by atoms with Gasteiger partial charge in [0.1, 0.15) is 11.6 Å². The molecule has 35 heavy (non-hydrogen) atoms. The first-order chi connectivity index (χ1) is 17.0. The number of hydrogen-bond donors (Lipinski definition) is 0. The maximum atomic E-state index is 15.2. The molecule has 0 amide bonds. The van der Waals surface area contributed by atoms with Crippen molar-refractivity contribution in [2.45, 2.75) is 57.3 Å². The molecule has 1 aliphatic carbocycles. The van der Waals surface area contributed by atoms with E-state index in [1.54, 1.807) is 11.8 Å². The summed E-state index contributed by atoms with van der Waals surface area (Å²) in [6.45, 7) is 4.15. The molecule has 0 spiro atoms. The molecule has 4 rings (SSSR count). The number of halogens is 2. The number of fused-ring (bicyclic) bond motifs is 1. The molecule has 3 aromatic rings. The molecule has 1 unspecified atom stereocenters. The first-order valence-electron chi connectivity index (χ1n) is 12.3. The second-order valence-corrected chi connectivity index (χ2v) is 10.1. The van der Waals surface area contributed by atoms with Crippen LogP contribution in [-0.2, 0) is 12.8 Å². The minimum atomic E-state index is -0.559. The lowest BCUT2D eigenvalue weighted by Crippen LogP contribution is -2.17. The van der Waals surface area contributed by atoms with Gasteiger partial charge in [0, 0.05) is 21.6 Å². The van der Waals surface area contributed by atoms with Crippen molar-refractivity contribution < 1.29 is 8.78 Å². The van der Waals surface area contributed by atoms with Crippen molar-refractivity contribution in [2.24, 2.45) is 5.92 Å². The van der Waals surface area contributed by atoms with E-state index in [2.05, 4.69) is 42.7 Å². The lowest BCUT2D eigenvalue weighted by atomic mass is 9.80. The Hall–Kier alpha value is -3.01. The van der Waals surface area contributed by atoms with Gasteiger partial charge in [0.15, 0.2) is 0 Å². The summed E-state index contributed by atoms with van der Waals surface area (Å²) < 4.78 is 30.0. The van der Waals surface area contributed by atoms with Gasteiger partial charge >= 0.3 is 0 Å². The quantitative estimate of drug-likeness (QED) is 0.266. The molecule has 178 valence electrons. The van der Waals surface area contributed by atoms with Crippen LogP contribution in [0.2, 0.25) is 0 Å². The van der Waals surface area contributed by atoms with Gasteiger partial charge in [-0.1, -0.05) is 49.9 Å². The van der Waals surface area contributed by atoms with Gasteiger partial charge in [-0.05, 0) is 104 Å². The van der Waals surface area contributed by atoms with Crippen LogP contribution in [0.5, 0.6) is 0 Å². The van der Waals surface area contributed by atoms with E-state index < -0.39 is 11.6 Å². The molecule has 0 saturated carbocycles. The Kier molecular flexibility index (Phi) is 8.33. The van der Waals surface area contributed by atoms with E-state index in [-0.39, 0.29) is 5.56 Å². The third kappa shape index (κ3) is 6.17. The van der Waals surface area contributed by atoms with Gasteiger partial charge in [-0.3, -0.25) is 0 Å². The minimum absolute atomic E-state index is 0.119. The van der Waals surface area contributed by atoms with Gasteiger partial charge in [0.2, 0.25) is 0 Å². The Labute approximate surface area is 212 Å². The zero-order chi connectivity index (χ0) is 24.8. The lowest BCUT2D eigenvalue weighted by Gasteiger charge is -2.25. The fourth-order valence-electron chi connectivity index (χ4n) is 4.61. The molecule has 3 aromatic carbocycles. The topological polar surface area (TPSA) is 0 Å².